The molecule has 0 saturated heterocycles. The Kier molecular flexibility index (Phi) is 5.50. The summed E-state index contributed by atoms with van der Waals surface area (Å²) >= 11 is 0. The molecule has 0 aliphatic rings. The van der Waals surface area contributed by atoms with Crippen LogP contribution < -0.4 is 10.6 Å². The van der Waals surface area contributed by atoms with Gasteiger partial charge in [0.05, 0.1) is 16.8 Å². The molecule has 0 bridgehead atoms. The molecule has 0 atom stereocenters. The van der Waals surface area contributed by atoms with Gasteiger partial charge in [-0.15, -0.1) is 0 Å². The minimum atomic E-state index is -0.181. The Bertz CT molecular complexity index is 1290. The second-order valence-electron chi connectivity index (χ2n) is 7.66. The summed E-state index contributed by atoms with van der Waals surface area (Å²) in [7, 11) is 0. The van der Waals surface area contributed by atoms with Crippen LogP contribution in [-0.4, -0.2) is 16.8 Å². The first kappa shape index (κ1) is 20.3. The highest BCUT2D eigenvalue weighted by atomic mass is 16.2. The van der Waals surface area contributed by atoms with Gasteiger partial charge in [-0.2, -0.15) is 0 Å². The van der Waals surface area contributed by atoms with Crippen LogP contribution in [0, 0.1) is 13.8 Å². The van der Waals surface area contributed by atoms with E-state index in [2.05, 4.69) is 10.6 Å². The summed E-state index contributed by atoms with van der Waals surface area (Å²) in [6.07, 6.45) is 0. The average molecular weight is 409 g/mol. The molecule has 0 unspecified atom stereocenters. The molecule has 4 aromatic rings. The summed E-state index contributed by atoms with van der Waals surface area (Å²) in [6.45, 7) is 5.46. The van der Waals surface area contributed by atoms with E-state index in [-0.39, 0.29) is 11.8 Å². The number of hydrogen-bond acceptors (Lipinski definition) is 3. The summed E-state index contributed by atoms with van der Waals surface area (Å²) in [6, 6.07) is 22.9. The number of anilines is 2. The lowest BCUT2D eigenvalue weighted by molar-refractivity contribution is -0.114. The maximum absolute atomic E-state index is 13.2. The fraction of sp³-hybridized carbons (Fsp3) is 0.115. The van der Waals surface area contributed by atoms with Crippen LogP contribution in [0.5, 0.6) is 0 Å². The first-order valence-electron chi connectivity index (χ1n) is 10.1. The molecule has 2 N–H and O–H groups in total. The molecule has 0 radical (unpaired) electrons. The molecule has 3 aromatic carbocycles. The number of hydrogen-bond donors (Lipinski definition) is 2. The standard InChI is InChI=1S/C26H23N3O2/c1-16-5-4-6-21(13-16)28-26(31)23-15-25(29-24-12-7-17(2)14-22(23)24)19-8-10-20(11-9-19)27-18(3)30/h4-15H,1-3H3,(H,27,30)(H,28,31). The van der Waals surface area contributed by atoms with E-state index in [0.29, 0.717) is 16.9 Å². The minimum absolute atomic E-state index is 0.123. The quantitative estimate of drug-likeness (QED) is 0.452. The molecule has 0 aliphatic heterocycles. The van der Waals surface area contributed by atoms with Crippen molar-refractivity contribution in [3.63, 3.8) is 0 Å². The number of nitrogens with zero attached hydrogens (tertiary/aromatic N) is 1. The Morgan fingerprint density at radius 1 is 0.774 bits per heavy atom. The van der Waals surface area contributed by atoms with Crippen molar-refractivity contribution in [2.24, 2.45) is 0 Å². The molecule has 1 heterocycles. The molecule has 0 aliphatic carbocycles. The van der Waals surface area contributed by atoms with Gasteiger partial charge >= 0.3 is 0 Å². The molecule has 31 heavy (non-hydrogen) atoms. The molecule has 2 amide bonds. The van der Waals surface area contributed by atoms with Gasteiger partial charge in [0, 0.05) is 29.2 Å². The van der Waals surface area contributed by atoms with Crippen LogP contribution >= 0.6 is 0 Å². The third kappa shape index (κ3) is 4.61. The smallest absolute Gasteiger partial charge is 0.256 e. The summed E-state index contributed by atoms with van der Waals surface area (Å²) in [4.78, 5) is 29.3. The second kappa shape index (κ2) is 8.40. The summed E-state index contributed by atoms with van der Waals surface area (Å²) in [5.41, 5.74) is 6.48. The van der Waals surface area contributed by atoms with Gasteiger partial charge in [0.25, 0.3) is 5.91 Å². The molecule has 154 valence electrons. The van der Waals surface area contributed by atoms with Gasteiger partial charge in [0.1, 0.15) is 0 Å². The van der Waals surface area contributed by atoms with Crippen molar-refractivity contribution in [3.8, 4) is 11.3 Å². The predicted octanol–water partition coefficient (Wildman–Crippen LogP) is 5.73. The number of rotatable bonds is 4. The molecule has 1 aromatic heterocycles. The highest BCUT2D eigenvalue weighted by Gasteiger charge is 2.15. The van der Waals surface area contributed by atoms with Gasteiger partial charge in [-0.3, -0.25) is 9.59 Å². The van der Waals surface area contributed by atoms with E-state index >= 15 is 0 Å². The Labute approximate surface area is 181 Å². The number of carbonyl (C=O) groups is 2. The zero-order valence-corrected chi connectivity index (χ0v) is 17.7. The zero-order chi connectivity index (χ0) is 22.0. The van der Waals surface area contributed by atoms with Crippen LogP contribution in [0.1, 0.15) is 28.4 Å². The highest BCUT2D eigenvalue weighted by molar-refractivity contribution is 6.13. The van der Waals surface area contributed by atoms with Crippen LogP contribution in [0.3, 0.4) is 0 Å². The number of fused-ring (bicyclic) bond motifs is 1. The van der Waals surface area contributed by atoms with E-state index in [1.54, 1.807) is 0 Å². The fourth-order valence-corrected chi connectivity index (χ4v) is 3.52. The zero-order valence-electron chi connectivity index (χ0n) is 17.7. The number of nitrogens with one attached hydrogen (secondary N) is 2. The van der Waals surface area contributed by atoms with Gasteiger partial charge in [0.15, 0.2) is 0 Å². The number of amides is 2. The van der Waals surface area contributed by atoms with Crippen molar-refractivity contribution in [1.82, 2.24) is 4.98 Å². The lowest BCUT2D eigenvalue weighted by atomic mass is 10.0. The van der Waals surface area contributed by atoms with Crippen molar-refractivity contribution in [2.75, 3.05) is 10.6 Å². The summed E-state index contributed by atoms with van der Waals surface area (Å²) in [5.74, 6) is -0.304. The van der Waals surface area contributed by atoms with Gasteiger partial charge in [-0.05, 0) is 61.9 Å². The molecule has 5 nitrogen and oxygen atoms in total. The number of aryl methyl sites for hydroxylation is 2. The lowest BCUT2D eigenvalue weighted by Crippen LogP contribution is -2.13. The van der Waals surface area contributed by atoms with Crippen molar-refractivity contribution in [3.05, 3.63) is 89.5 Å². The Balaban J connectivity index is 1.77. The topological polar surface area (TPSA) is 71.1 Å². The van der Waals surface area contributed by atoms with E-state index in [0.717, 1.165) is 33.3 Å². The first-order chi connectivity index (χ1) is 14.9. The molecule has 0 spiro atoms. The van der Waals surface area contributed by atoms with Gasteiger partial charge < -0.3 is 10.6 Å². The maximum atomic E-state index is 13.2. The van der Waals surface area contributed by atoms with Gasteiger partial charge in [-0.25, -0.2) is 4.98 Å². The lowest BCUT2D eigenvalue weighted by Gasteiger charge is -2.12. The van der Waals surface area contributed by atoms with Crippen molar-refractivity contribution < 1.29 is 9.59 Å². The Hall–Kier alpha value is -3.99. The van der Waals surface area contributed by atoms with Crippen LogP contribution in [0.4, 0.5) is 11.4 Å². The van der Waals surface area contributed by atoms with Crippen LogP contribution in [0.25, 0.3) is 22.2 Å². The third-order valence-corrected chi connectivity index (χ3v) is 4.99. The van der Waals surface area contributed by atoms with Crippen molar-refractivity contribution in [1.29, 1.82) is 0 Å². The molecule has 0 fully saturated rings. The monoisotopic (exact) mass is 409 g/mol. The number of benzene rings is 3. The normalized spacial score (nSPS) is 10.7. The Morgan fingerprint density at radius 3 is 2.23 bits per heavy atom. The van der Waals surface area contributed by atoms with Gasteiger partial charge in [0.2, 0.25) is 5.91 Å². The summed E-state index contributed by atoms with van der Waals surface area (Å²) < 4.78 is 0. The maximum Gasteiger partial charge on any atom is 0.256 e. The molecule has 5 heteroatoms. The van der Waals surface area contributed by atoms with Crippen molar-refractivity contribution in [2.45, 2.75) is 20.8 Å². The molecule has 0 saturated carbocycles. The minimum Gasteiger partial charge on any atom is -0.326 e. The van der Waals surface area contributed by atoms with Crippen LogP contribution in [0.2, 0.25) is 0 Å². The van der Waals surface area contributed by atoms with Gasteiger partial charge in [-0.1, -0.05) is 35.9 Å². The third-order valence-electron chi connectivity index (χ3n) is 4.99. The van der Waals surface area contributed by atoms with E-state index in [4.69, 9.17) is 4.98 Å². The number of aromatic nitrogens is 1. The fourth-order valence-electron chi connectivity index (χ4n) is 3.52. The second-order valence-corrected chi connectivity index (χ2v) is 7.66. The number of pyridine rings is 1. The highest BCUT2D eigenvalue weighted by Crippen LogP contribution is 2.27. The predicted molar refractivity (Wildman–Crippen MR) is 125 cm³/mol. The van der Waals surface area contributed by atoms with Crippen LogP contribution in [-0.2, 0) is 4.79 Å². The SMILES string of the molecule is CC(=O)Nc1ccc(-c2cc(C(=O)Nc3cccc(C)c3)c3cc(C)ccc3n2)cc1. The first-order valence-corrected chi connectivity index (χ1v) is 10.1. The van der Waals surface area contributed by atoms with E-state index in [1.807, 2.05) is 86.6 Å². The summed E-state index contributed by atoms with van der Waals surface area (Å²) in [5, 5.41) is 6.57. The Morgan fingerprint density at radius 2 is 1.52 bits per heavy atom. The van der Waals surface area contributed by atoms with E-state index in [9.17, 15) is 9.59 Å². The van der Waals surface area contributed by atoms with E-state index in [1.165, 1.54) is 6.92 Å². The average Bonchev–Trinajstić information content (AvgIpc) is 2.73. The van der Waals surface area contributed by atoms with Crippen LogP contribution in [0.15, 0.2) is 72.8 Å². The molecular formula is C26H23N3O2. The number of carbonyl (C=O) groups excluding carboxylic acids is 2. The molecular weight excluding hydrogens is 386 g/mol. The largest absolute Gasteiger partial charge is 0.326 e. The van der Waals surface area contributed by atoms with Crippen molar-refractivity contribution >= 4 is 34.1 Å². The van der Waals surface area contributed by atoms with E-state index < -0.39 is 0 Å². The molecule has 4 rings (SSSR count).